The van der Waals surface area contributed by atoms with E-state index in [1.54, 1.807) is 0 Å². The first-order valence-corrected chi connectivity index (χ1v) is 14.1. The molecular weight excluding hydrogens is 522 g/mol. The molecule has 0 unspecified atom stereocenters. The minimum atomic E-state index is 0.630. The molecule has 0 amide bonds. The highest BCUT2D eigenvalue weighted by molar-refractivity contribution is 6.24. The van der Waals surface area contributed by atoms with Crippen LogP contribution in [0.3, 0.4) is 0 Å². The van der Waals surface area contributed by atoms with Crippen molar-refractivity contribution in [2.24, 2.45) is 25.0 Å². The molecule has 9 nitrogen and oxygen atoms in total. The zero-order valence-electron chi connectivity index (χ0n) is 22.6. The lowest BCUT2D eigenvalue weighted by molar-refractivity contribution is -0.366. The molecule has 0 atom stereocenters. The van der Waals surface area contributed by atoms with Crippen LogP contribution in [0.4, 0.5) is 11.6 Å². The van der Waals surface area contributed by atoms with E-state index in [4.69, 9.17) is 25.0 Å². The summed E-state index contributed by atoms with van der Waals surface area (Å²) >= 11 is 0. The molecule has 0 saturated carbocycles. The van der Waals surface area contributed by atoms with Gasteiger partial charge in [0.1, 0.15) is 0 Å². The lowest BCUT2D eigenvalue weighted by Gasteiger charge is -2.13. The maximum atomic E-state index is 5.37. The van der Waals surface area contributed by atoms with Crippen LogP contribution < -0.4 is 16.5 Å². The highest BCUT2D eigenvalue weighted by Crippen LogP contribution is 2.40. The van der Waals surface area contributed by atoms with Crippen molar-refractivity contribution >= 4 is 56.5 Å². The maximum Gasteiger partial charge on any atom is 0.273 e. The normalized spacial score (nSPS) is 21.8. The topological polar surface area (TPSA) is 86.7 Å². The smallest absolute Gasteiger partial charge is 0.229 e. The second-order valence-electron chi connectivity index (χ2n) is 10.9. The van der Waals surface area contributed by atoms with E-state index in [2.05, 4.69) is 65.7 Å². The van der Waals surface area contributed by atoms with E-state index in [1.165, 1.54) is 0 Å². The number of likely N-dealkylation sites (N-methyl/N-ethyl adjacent to an activating group) is 1. The van der Waals surface area contributed by atoms with Crippen molar-refractivity contribution in [2.75, 3.05) is 12.6 Å². The average Bonchev–Trinajstić information content (AvgIpc) is 3.70. The van der Waals surface area contributed by atoms with Gasteiger partial charge >= 0.3 is 0 Å². The molecule has 0 spiro atoms. The van der Waals surface area contributed by atoms with Crippen molar-refractivity contribution in [3.05, 3.63) is 118 Å². The molecule has 0 fully saturated rings. The van der Waals surface area contributed by atoms with Crippen LogP contribution in [0.15, 0.2) is 121 Å². The molecule has 3 aromatic carbocycles. The summed E-state index contributed by atoms with van der Waals surface area (Å²) in [5.41, 5.74) is 9.28. The van der Waals surface area contributed by atoms with Gasteiger partial charge in [0.2, 0.25) is 11.3 Å². The summed E-state index contributed by atoms with van der Waals surface area (Å²) in [7, 11) is 2.05. The Labute approximate surface area is 238 Å². The SMILES string of the molecule is C[N+]1=C2/N=c3/c4ccccc4/c4n3Nn3c(c5ccccc5c3/N=C1/C1=CCCC=C12)/N=C1N=C(/N=4)c2ccccc2\1. The van der Waals surface area contributed by atoms with E-state index >= 15 is 0 Å². The Balaban J connectivity index is 1.48. The number of nitrogens with one attached hydrogen (secondary N) is 1. The highest BCUT2D eigenvalue weighted by Gasteiger charge is 2.38. The molecule has 1 aliphatic carbocycles. The number of fused-ring (bicyclic) bond motifs is 14. The van der Waals surface area contributed by atoms with Crippen LogP contribution in [0.2, 0.25) is 0 Å². The number of rotatable bonds is 0. The molecule has 0 radical (unpaired) electrons. The number of allylic oxidation sites excluding steroid dienone is 2. The first-order chi connectivity index (χ1) is 20.7. The number of amidine groups is 4. The zero-order chi connectivity index (χ0) is 27.5. The van der Waals surface area contributed by atoms with Crippen LogP contribution in [-0.4, -0.2) is 44.3 Å². The predicted molar refractivity (Wildman–Crippen MR) is 164 cm³/mol. The lowest BCUT2D eigenvalue weighted by Crippen LogP contribution is -2.39. The minimum Gasteiger partial charge on any atom is -0.229 e. The van der Waals surface area contributed by atoms with E-state index in [1.807, 2.05) is 45.8 Å². The monoisotopic (exact) mass is 544 g/mol. The number of benzene rings is 3. The largest absolute Gasteiger partial charge is 0.273 e. The van der Waals surface area contributed by atoms with Gasteiger partial charge in [-0.25, -0.2) is 25.1 Å². The first-order valence-electron chi connectivity index (χ1n) is 14.1. The molecule has 5 aliphatic rings. The summed E-state index contributed by atoms with van der Waals surface area (Å²) in [6.45, 7) is 0. The number of hydrogen-bond donors (Lipinski definition) is 1. The predicted octanol–water partition coefficient (Wildman–Crippen LogP) is 4.44. The third kappa shape index (κ3) is 2.72. The standard InChI is InChI=1S/C33H22N9/c1-40-28-20-12-4-5-13-21(20)29(40)38-33-25-17-9-7-15-23(25)31-36-27-19-11-3-2-10-18(19)26(34-27)35-30-22-14-6-8-16-24(22)32(37-28)41(30)39-42(31)33/h2-3,6-17,39H,4-5H2,1H3/q+1/b35-26-,35-30?,36-27?,36-31+. The minimum absolute atomic E-state index is 0.630. The van der Waals surface area contributed by atoms with Gasteiger partial charge in [-0.3, -0.25) is 0 Å². The molecule has 198 valence electrons. The Hall–Kier alpha value is -5.70. The molecule has 0 saturated heterocycles. The second-order valence-corrected chi connectivity index (χ2v) is 10.9. The lowest BCUT2D eigenvalue weighted by atomic mass is 9.98. The second kappa shape index (κ2) is 7.73. The van der Waals surface area contributed by atoms with Gasteiger partial charge in [-0.2, -0.15) is 9.35 Å². The number of aliphatic imine (C=N–C) groups is 3. The zero-order valence-corrected chi connectivity index (χ0v) is 22.6. The molecule has 9 heteroatoms. The Kier molecular flexibility index (Phi) is 4.06. The summed E-state index contributed by atoms with van der Waals surface area (Å²) in [5.74, 6) is 4.48. The van der Waals surface area contributed by atoms with Crippen molar-refractivity contribution in [3.63, 3.8) is 0 Å². The van der Waals surface area contributed by atoms with Gasteiger partial charge in [0.05, 0.1) is 18.2 Å². The van der Waals surface area contributed by atoms with E-state index in [0.717, 1.165) is 90.9 Å². The first kappa shape index (κ1) is 22.0. The van der Waals surface area contributed by atoms with Crippen LogP contribution in [0.1, 0.15) is 24.0 Å². The summed E-state index contributed by atoms with van der Waals surface area (Å²) in [5, 5.41) is 3.93. The number of hydrogen-bond acceptors (Lipinski definition) is 6. The van der Waals surface area contributed by atoms with E-state index < -0.39 is 0 Å². The van der Waals surface area contributed by atoms with Crippen LogP contribution in [0, 0.1) is 0 Å². The maximum absolute atomic E-state index is 5.37. The van der Waals surface area contributed by atoms with Crippen molar-refractivity contribution in [1.82, 2.24) is 9.35 Å². The molecule has 6 bridgehead atoms. The van der Waals surface area contributed by atoms with Crippen molar-refractivity contribution in [1.29, 1.82) is 0 Å². The Bertz CT molecular complexity index is 2440. The fourth-order valence-corrected chi connectivity index (χ4v) is 6.66. The Morgan fingerprint density at radius 3 is 1.88 bits per heavy atom. The molecule has 4 aliphatic heterocycles. The fraction of sp³-hybridized carbons (Fsp3) is 0.0909. The Morgan fingerprint density at radius 1 is 0.595 bits per heavy atom. The van der Waals surface area contributed by atoms with Crippen LogP contribution in [0.25, 0.3) is 21.5 Å². The summed E-state index contributed by atoms with van der Waals surface area (Å²) < 4.78 is 6.05. The van der Waals surface area contributed by atoms with Crippen molar-refractivity contribution in [2.45, 2.75) is 12.8 Å². The van der Waals surface area contributed by atoms with Crippen LogP contribution >= 0.6 is 0 Å². The van der Waals surface area contributed by atoms with Gasteiger partial charge in [0.15, 0.2) is 23.0 Å². The van der Waals surface area contributed by atoms with Gasteiger partial charge in [-0.15, -0.1) is 0 Å². The third-order valence-electron chi connectivity index (χ3n) is 8.60. The van der Waals surface area contributed by atoms with Crippen molar-refractivity contribution < 1.29 is 4.58 Å². The summed E-state index contributed by atoms with van der Waals surface area (Å²) in [4.78, 5) is 26.1. The van der Waals surface area contributed by atoms with Gasteiger partial charge < -0.3 is 0 Å². The van der Waals surface area contributed by atoms with E-state index in [0.29, 0.717) is 11.7 Å². The molecule has 5 aromatic rings. The van der Waals surface area contributed by atoms with Gasteiger partial charge in [-0.1, -0.05) is 82.8 Å². The van der Waals surface area contributed by atoms with Gasteiger partial charge in [0, 0.05) is 32.7 Å². The van der Waals surface area contributed by atoms with Gasteiger partial charge in [0.25, 0.3) is 11.7 Å². The van der Waals surface area contributed by atoms with Crippen LogP contribution in [-0.2, 0) is 0 Å². The highest BCUT2D eigenvalue weighted by atomic mass is 15.7. The molecule has 10 rings (SSSR count). The summed E-state index contributed by atoms with van der Waals surface area (Å²) in [6, 6.07) is 24.7. The quantitative estimate of drug-likeness (QED) is 0.287. The van der Waals surface area contributed by atoms with Crippen LogP contribution in [0.5, 0.6) is 0 Å². The molecule has 42 heavy (non-hydrogen) atoms. The van der Waals surface area contributed by atoms with Crippen molar-refractivity contribution in [3.8, 4) is 0 Å². The summed E-state index contributed by atoms with van der Waals surface area (Å²) in [6.07, 6.45) is 6.51. The number of aromatic nitrogens is 2. The molecule has 6 heterocycles. The Morgan fingerprint density at radius 2 is 1.17 bits per heavy atom. The van der Waals surface area contributed by atoms with Gasteiger partial charge in [-0.05, 0) is 25.0 Å². The van der Waals surface area contributed by atoms with E-state index in [9.17, 15) is 0 Å². The average molecular weight is 545 g/mol. The fourth-order valence-electron chi connectivity index (χ4n) is 6.66. The van der Waals surface area contributed by atoms with E-state index in [-0.39, 0.29) is 0 Å². The third-order valence-corrected chi connectivity index (χ3v) is 8.60. The molecule has 2 aromatic heterocycles. The number of nitrogens with zero attached hydrogens (tertiary/aromatic N) is 8. The molecule has 1 N–H and O–H groups in total. The molecular formula is C33H22N9+.